The monoisotopic (exact) mass is 250 g/mol. The quantitative estimate of drug-likeness (QED) is 0.520. The number of nitrogens with one attached hydrogen (secondary N) is 1. The van der Waals surface area contributed by atoms with Crippen molar-refractivity contribution in [3.05, 3.63) is 0 Å². The highest BCUT2D eigenvalue weighted by Gasteiger charge is 2.19. The van der Waals surface area contributed by atoms with Crippen molar-refractivity contribution < 1.29 is 19.5 Å². The van der Waals surface area contributed by atoms with Gasteiger partial charge in [-0.3, -0.25) is 9.59 Å². The Balaban J connectivity index is 4.02. The van der Waals surface area contributed by atoms with Crippen LogP contribution in [-0.2, 0) is 14.4 Å². The van der Waals surface area contributed by atoms with Gasteiger partial charge < -0.3 is 16.2 Å². The van der Waals surface area contributed by atoms with Gasteiger partial charge in [0, 0.05) is 18.7 Å². The Bertz CT molecular complexity index is 270. The largest absolute Gasteiger partial charge is 0.480 e. The zero-order valence-corrected chi connectivity index (χ0v) is 9.50. The van der Waals surface area contributed by atoms with Gasteiger partial charge in [-0.15, -0.1) is 11.6 Å². The predicted octanol–water partition coefficient (Wildman–Crippen LogP) is -0.160. The summed E-state index contributed by atoms with van der Waals surface area (Å²) in [6.07, 6.45) is 0.677. The third-order valence-electron chi connectivity index (χ3n) is 1.87. The molecule has 0 bridgehead atoms. The number of amides is 2. The van der Waals surface area contributed by atoms with E-state index in [0.29, 0.717) is 6.42 Å². The van der Waals surface area contributed by atoms with Crippen LogP contribution in [0.15, 0.2) is 0 Å². The van der Waals surface area contributed by atoms with E-state index < -0.39 is 23.8 Å². The zero-order valence-electron chi connectivity index (χ0n) is 8.74. The van der Waals surface area contributed by atoms with Gasteiger partial charge in [0.05, 0.1) is 0 Å². The molecular formula is C9H15ClN2O4. The fraction of sp³-hybridized carbons (Fsp3) is 0.667. The van der Waals surface area contributed by atoms with Gasteiger partial charge in [0.15, 0.2) is 0 Å². The summed E-state index contributed by atoms with van der Waals surface area (Å²) in [5.41, 5.74) is 4.91. The van der Waals surface area contributed by atoms with Crippen LogP contribution >= 0.6 is 11.6 Å². The lowest BCUT2D eigenvalue weighted by Crippen LogP contribution is -2.40. The number of carbonyl (C=O) groups excluding carboxylic acids is 2. The molecule has 0 aromatic heterocycles. The van der Waals surface area contributed by atoms with E-state index in [1.807, 2.05) is 0 Å². The Hall–Kier alpha value is -1.30. The maximum atomic E-state index is 11.1. The lowest BCUT2D eigenvalue weighted by molar-refractivity contribution is -0.142. The molecule has 0 saturated heterocycles. The molecule has 0 aromatic carbocycles. The number of hydrogen-bond acceptors (Lipinski definition) is 3. The molecule has 7 heteroatoms. The van der Waals surface area contributed by atoms with Gasteiger partial charge in [0.2, 0.25) is 11.8 Å². The summed E-state index contributed by atoms with van der Waals surface area (Å²) in [7, 11) is 0. The molecule has 0 spiro atoms. The molecule has 2 amide bonds. The molecule has 0 rings (SSSR count). The van der Waals surface area contributed by atoms with Crippen LogP contribution < -0.4 is 11.1 Å². The van der Waals surface area contributed by atoms with Crippen LogP contribution in [-0.4, -0.2) is 34.8 Å². The van der Waals surface area contributed by atoms with Gasteiger partial charge >= 0.3 is 5.97 Å². The molecule has 16 heavy (non-hydrogen) atoms. The molecule has 0 saturated carbocycles. The van der Waals surface area contributed by atoms with Crippen LogP contribution in [0.2, 0.25) is 0 Å². The van der Waals surface area contributed by atoms with Crippen LogP contribution in [0.5, 0.6) is 0 Å². The minimum absolute atomic E-state index is 0.0706. The van der Waals surface area contributed by atoms with E-state index in [2.05, 4.69) is 5.32 Å². The van der Waals surface area contributed by atoms with E-state index in [4.69, 9.17) is 22.4 Å². The number of halogens is 1. The number of alkyl halides is 1. The summed E-state index contributed by atoms with van der Waals surface area (Å²) in [6, 6.07) is -0.991. The highest BCUT2D eigenvalue weighted by atomic mass is 35.5. The van der Waals surface area contributed by atoms with Gasteiger partial charge in [-0.25, -0.2) is 4.79 Å². The van der Waals surface area contributed by atoms with E-state index in [0.717, 1.165) is 0 Å². The molecule has 0 fully saturated rings. The number of carboxylic acids is 1. The van der Waals surface area contributed by atoms with Crippen molar-refractivity contribution in [1.82, 2.24) is 5.32 Å². The molecule has 1 atom stereocenters. The van der Waals surface area contributed by atoms with Crippen LogP contribution in [0, 0.1) is 0 Å². The van der Waals surface area contributed by atoms with Crippen LogP contribution in [0.3, 0.4) is 0 Å². The second-order valence-corrected chi connectivity index (χ2v) is 3.63. The number of carboxylic acid groups (broad SMARTS) is 1. The first-order chi connectivity index (χ1) is 7.47. The summed E-state index contributed by atoms with van der Waals surface area (Å²) in [5.74, 6) is -1.90. The van der Waals surface area contributed by atoms with E-state index in [9.17, 15) is 14.4 Å². The normalized spacial score (nSPS) is 11.8. The maximum Gasteiger partial charge on any atom is 0.326 e. The molecule has 1 unspecified atom stereocenters. The summed E-state index contributed by atoms with van der Waals surface area (Å²) in [6.45, 7) is 0. The Kier molecular flexibility index (Phi) is 7.28. The summed E-state index contributed by atoms with van der Waals surface area (Å²) in [4.78, 5) is 32.3. The average molecular weight is 251 g/mol. The predicted molar refractivity (Wildman–Crippen MR) is 57.9 cm³/mol. The first-order valence-electron chi connectivity index (χ1n) is 4.83. The molecule has 6 nitrogen and oxygen atoms in total. The summed E-state index contributed by atoms with van der Waals surface area (Å²) >= 11 is 5.34. The lowest BCUT2D eigenvalue weighted by Gasteiger charge is -2.13. The molecule has 0 aliphatic heterocycles. The molecule has 4 N–H and O–H groups in total. The van der Waals surface area contributed by atoms with Crippen LogP contribution in [0.4, 0.5) is 0 Å². The van der Waals surface area contributed by atoms with Crippen molar-refractivity contribution in [3.63, 3.8) is 0 Å². The fourth-order valence-corrected chi connectivity index (χ4v) is 1.26. The highest BCUT2D eigenvalue weighted by molar-refractivity contribution is 6.18. The zero-order chi connectivity index (χ0) is 12.6. The average Bonchev–Trinajstić information content (AvgIpc) is 2.15. The van der Waals surface area contributed by atoms with Crippen LogP contribution in [0.1, 0.15) is 25.7 Å². The third kappa shape index (κ3) is 7.05. The smallest absolute Gasteiger partial charge is 0.326 e. The van der Waals surface area contributed by atoms with E-state index in [1.54, 1.807) is 0 Å². The SMILES string of the molecule is NC(=O)CCCC(NC(=O)CCCl)C(=O)O. The number of rotatable bonds is 8. The van der Waals surface area contributed by atoms with Gasteiger partial charge in [-0.2, -0.15) is 0 Å². The number of primary amides is 1. The van der Waals surface area contributed by atoms with Gasteiger partial charge in [0.25, 0.3) is 0 Å². The van der Waals surface area contributed by atoms with Crippen molar-refractivity contribution in [2.24, 2.45) is 5.73 Å². The molecule has 0 radical (unpaired) electrons. The second kappa shape index (κ2) is 7.92. The van der Waals surface area contributed by atoms with Crippen LogP contribution in [0.25, 0.3) is 0 Å². The topological polar surface area (TPSA) is 109 Å². The maximum absolute atomic E-state index is 11.1. The number of hydrogen-bond donors (Lipinski definition) is 3. The van der Waals surface area contributed by atoms with Crippen molar-refractivity contribution in [2.45, 2.75) is 31.7 Å². The minimum atomic E-state index is -1.13. The second-order valence-electron chi connectivity index (χ2n) is 3.26. The number of nitrogens with two attached hydrogens (primary N) is 1. The Morgan fingerprint density at radius 3 is 2.38 bits per heavy atom. The van der Waals surface area contributed by atoms with E-state index in [-0.39, 0.29) is 25.1 Å². The van der Waals surface area contributed by atoms with Gasteiger partial charge in [-0.05, 0) is 12.8 Å². The molecule has 0 aromatic rings. The number of carbonyl (C=O) groups is 3. The van der Waals surface area contributed by atoms with Crippen molar-refractivity contribution in [3.8, 4) is 0 Å². The lowest BCUT2D eigenvalue weighted by atomic mass is 10.1. The third-order valence-corrected chi connectivity index (χ3v) is 2.06. The Morgan fingerprint density at radius 1 is 1.31 bits per heavy atom. The minimum Gasteiger partial charge on any atom is -0.480 e. The molecule has 0 aliphatic carbocycles. The first kappa shape index (κ1) is 14.7. The molecule has 0 aliphatic rings. The van der Waals surface area contributed by atoms with Gasteiger partial charge in [0.1, 0.15) is 6.04 Å². The van der Waals surface area contributed by atoms with Crippen molar-refractivity contribution >= 4 is 29.4 Å². The Labute approximate surface area is 98.1 Å². The molecule has 0 heterocycles. The number of aliphatic carboxylic acids is 1. The standard InChI is InChI=1S/C9H15ClN2O4/c10-5-4-8(14)12-6(9(15)16)2-1-3-7(11)13/h6H,1-5H2,(H2,11,13)(H,12,14)(H,15,16). The Morgan fingerprint density at radius 2 is 1.94 bits per heavy atom. The molecular weight excluding hydrogens is 236 g/mol. The van der Waals surface area contributed by atoms with E-state index >= 15 is 0 Å². The van der Waals surface area contributed by atoms with Crippen molar-refractivity contribution in [2.75, 3.05) is 5.88 Å². The molecule has 92 valence electrons. The van der Waals surface area contributed by atoms with E-state index in [1.165, 1.54) is 0 Å². The first-order valence-corrected chi connectivity index (χ1v) is 5.37. The van der Waals surface area contributed by atoms with Gasteiger partial charge in [-0.1, -0.05) is 0 Å². The van der Waals surface area contributed by atoms with Crippen molar-refractivity contribution in [1.29, 1.82) is 0 Å². The fourth-order valence-electron chi connectivity index (χ4n) is 1.09. The highest BCUT2D eigenvalue weighted by Crippen LogP contribution is 2.02. The summed E-state index contributed by atoms with van der Waals surface area (Å²) in [5, 5.41) is 11.1. The summed E-state index contributed by atoms with van der Waals surface area (Å²) < 4.78 is 0.